The van der Waals surface area contributed by atoms with Gasteiger partial charge in [0.1, 0.15) is 11.4 Å². The fourth-order valence-electron chi connectivity index (χ4n) is 0.748. The van der Waals surface area contributed by atoms with Gasteiger partial charge in [0.2, 0.25) is 0 Å². The summed E-state index contributed by atoms with van der Waals surface area (Å²) in [5.41, 5.74) is 0.925. The van der Waals surface area contributed by atoms with Crippen LogP contribution in [0.3, 0.4) is 0 Å². The largest absolute Gasteiger partial charge is 0.506 e. The van der Waals surface area contributed by atoms with Crippen molar-refractivity contribution in [3.63, 3.8) is 0 Å². The zero-order chi connectivity index (χ0) is 8.27. The van der Waals surface area contributed by atoms with Gasteiger partial charge in [-0.25, -0.2) is 4.98 Å². The predicted octanol–water partition coefficient (Wildman–Crippen LogP) is 0.922. The summed E-state index contributed by atoms with van der Waals surface area (Å²) in [5, 5.41) is 17.8. The summed E-state index contributed by atoms with van der Waals surface area (Å²) in [7, 11) is 0. The molecule has 0 aromatic carbocycles. The van der Waals surface area contributed by atoms with Crippen molar-refractivity contribution in [2.45, 2.75) is 6.61 Å². The Labute approximate surface area is 64.6 Å². The number of aromatic nitrogens is 1. The first-order valence-electron chi connectivity index (χ1n) is 3.20. The fraction of sp³-hybridized carbons (Fsp3) is 0.125. The monoisotopic (exact) mass is 151 g/mol. The van der Waals surface area contributed by atoms with Gasteiger partial charge in [0, 0.05) is 0 Å². The molecule has 0 aliphatic heterocycles. The summed E-state index contributed by atoms with van der Waals surface area (Å²) in [6.07, 6.45) is 1.44. The first-order valence-corrected chi connectivity index (χ1v) is 3.20. The van der Waals surface area contributed by atoms with Crippen LogP contribution in [0.5, 0.6) is 5.75 Å². The van der Waals surface area contributed by atoms with E-state index in [-0.39, 0.29) is 12.4 Å². The molecule has 1 heterocycles. The lowest BCUT2D eigenvalue weighted by Gasteiger charge is -1.99. The maximum atomic E-state index is 9.12. The summed E-state index contributed by atoms with van der Waals surface area (Å²) in [5.74, 6) is 0.0807. The smallest absolute Gasteiger partial charge is 0.141 e. The van der Waals surface area contributed by atoms with Crippen LogP contribution in [0.2, 0.25) is 0 Å². The Balaban J connectivity index is 3.12. The lowest BCUT2D eigenvalue weighted by atomic mass is 10.3. The second kappa shape index (κ2) is 3.16. The third-order valence-corrected chi connectivity index (χ3v) is 1.32. The number of nitrogens with zero attached hydrogens (tertiary/aromatic N) is 1. The number of aromatic hydroxyl groups is 1. The van der Waals surface area contributed by atoms with E-state index in [9.17, 15) is 0 Å². The van der Waals surface area contributed by atoms with Gasteiger partial charge in [0.25, 0.3) is 0 Å². The van der Waals surface area contributed by atoms with E-state index >= 15 is 0 Å². The average molecular weight is 151 g/mol. The Morgan fingerprint density at radius 3 is 2.82 bits per heavy atom. The van der Waals surface area contributed by atoms with E-state index in [1.807, 2.05) is 0 Å². The van der Waals surface area contributed by atoms with Crippen molar-refractivity contribution >= 4 is 6.08 Å². The van der Waals surface area contributed by atoms with Gasteiger partial charge in [-0.1, -0.05) is 6.58 Å². The molecule has 58 valence electrons. The Morgan fingerprint density at radius 1 is 1.55 bits per heavy atom. The third kappa shape index (κ3) is 1.56. The predicted molar refractivity (Wildman–Crippen MR) is 41.9 cm³/mol. The van der Waals surface area contributed by atoms with Gasteiger partial charge in [-0.05, 0) is 18.2 Å². The Kier molecular flexibility index (Phi) is 2.23. The van der Waals surface area contributed by atoms with Crippen molar-refractivity contribution in [3.05, 3.63) is 30.1 Å². The average Bonchev–Trinajstić information content (AvgIpc) is 2.05. The van der Waals surface area contributed by atoms with Crippen molar-refractivity contribution in [2.24, 2.45) is 0 Å². The summed E-state index contributed by atoms with van der Waals surface area (Å²) < 4.78 is 0. The molecule has 0 saturated heterocycles. The van der Waals surface area contributed by atoms with Crippen LogP contribution in [0.1, 0.15) is 11.4 Å². The van der Waals surface area contributed by atoms with E-state index in [1.165, 1.54) is 12.1 Å². The molecule has 0 spiro atoms. The van der Waals surface area contributed by atoms with Gasteiger partial charge < -0.3 is 10.2 Å². The van der Waals surface area contributed by atoms with E-state index in [0.29, 0.717) is 11.4 Å². The first-order chi connectivity index (χ1) is 5.27. The van der Waals surface area contributed by atoms with Crippen LogP contribution < -0.4 is 0 Å². The molecule has 1 rings (SSSR count). The third-order valence-electron chi connectivity index (χ3n) is 1.32. The summed E-state index contributed by atoms with van der Waals surface area (Å²) >= 11 is 0. The van der Waals surface area contributed by atoms with E-state index in [0.717, 1.165) is 0 Å². The molecule has 0 fully saturated rings. The highest BCUT2D eigenvalue weighted by atomic mass is 16.3. The van der Waals surface area contributed by atoms with Gasteiger partial charge in [0.15, 0.2) is 0 Å². The summed E-state index contributed by atoms with van der Waals surface area (Å²) in [6.45, 7) is 3.34. The van der Waals surface area contributed by atoms with Crippen molar-refractivity contribution in [1.82, 2.24) is 4.98 Å². The molecule has 0 atom stereocenters. The van der Waals surface area contributed by atoms with Crippen LogP contribution in [-0.4, -0.2) is 15.2 Å². The standard InChI is InChI=1S/C8H9NO2/c1-2-7-8(11)4-3-6(5-10)9-7/h2-4,10-11H,1,5H2. The van der Waals surface area contributed by atoms with E-state index < -0.39 is 0 Å². The molecule has 3 nitrogen and oxygen atoms in total. The van der Waals surface area contributed by atoms with E-state index in [4.69, 9.17) is 10.2 Å². The first kappa shape index (κ1) is 7.75. The maximum Gasteiger partial charge on any atom is 0.141 e. The number of aliphatic hydroxyl groups is 1. The van der Waals surface area contributed by atoms with Crippen LogP contribution in [0.4, 0.5) is 0 Å². The molecular weight excluding hydrogens is 142 g/mol. The van der Waals surface area contributed by atoms with Gasteiger partial charge in [-0.2, -0.15) is 0 Å². The molecule has 11 heavy (non-hydrogen) atoms. The van der Waals surface area contributed by atoms with Crippen molar-refractivity contribution < 1.29 is 10.2 Å². The van der Waals surface area contributed by atoms with Crippen LogP contribution in [0.15, 0.2) is 18.7 Å². The van der Waals surface area contributed by atoms with Crippen molar-refractivity contribution in [2.75, 3.05) is 0 Å². The number of pyridine rings is 1. The van der Waals surface area contributed by atoms with Gasteiger partial charge in [-0.3, -0.25) is 0 Å². The topological polar surface area (TPSA) is 53.4 Å². The molecule has 0 aliphatic carbocycles. The second-order valence-corrected chi connectivity index (χ2v) is 2.07. The maximum absolute atomic E-state index is 9.12. The highest BCUT2D eigenvalue weighted by molar-refractivity contribution is 5.50. The van der Waals surface area contributed by atoms with Crippen LogP contribution in [0, 0.1) is 0 Å². The van der Waals surface area contributed by atoms with Crippen LogP contribution in [-0.2, 0) is 6.61 Å². The molecule has 0 bridgehead atoms. The van der Waals surface area contributed by atoms with Gasteiger partial charge in [-0.15, -0.1) is 0 Å². The number of rotatable bonds is 2. The fourth-order valence-corrected chi connectivity index (χ4v) is 0.748. The Hall–Kier alpha value is -1.35. The van der Waals surface area contributed by atoms with Crippen molar-refractivity contribution in [3.8, 4) is 5.75 Å². The molecule has 0 unspecified atom stereocenters. The lowest BCUT2D eigenvalue weighted by Crippen LogP contribution is -1.90. The highest BCUT2D eigenvalue weighted by Crippen LogP contribution is 2.15. The Morgan fingerprint density at radius 2 is 2.27 bits per heavy atom. The molecule has 2 N–H and O–H groups in total. The van der Waals surface area contributed by atoms with Gasteiger partial charge in [0.05, 0.1) is 12.3 Å². The molecule has 0 radical (unpaired) electrons. The van der Waals surface area contributed by atoms with Gasteiger partial charge >= 0.3 is 0 Å². The summed E-state index contributed by atoms with van der Waals surface area (Å²) in [4.78, 5) is 3.89. The molecule has 1 aromatic heterocycles. The molecule has 0 aliphatic rings. The molecule has 3 heteroatoms. The minimum atomic E-state index is -0.124. The number of aliphatic hydroxyl groups excluding tert-OH is 1. The molecular formula is C8H9NO2. The zero-order valence-electron chi connectivity index (χ0n) is 5.99. The Bertz CT molecular complexity index is 271. The molecule has 0 amide bonds. The van der Waals surface area contributed by atoms with Crippen molar-refractivity contribution in [1.29, 1.82) is 0 Å². The number of hydrogen-bond donors (Lipinski definition) is 2. The quantitative estimate of drug-likeness (QED) is 0.660. The summed E-state index contributed by atoms with van der Waals surface area (Å²) in [6, 6.07) is 3.04. The number of hydrogen-bond acceptors (Lipinski definition) is 3. The zero-order valence-corrected chi connectivity index (χ0v) is 5.99. The lowest BCUT2D eigenvalue weighted by molar-refractivity contribution is 0.276. The van der Waals surface area contributed by atoms with E-state index in [2.05, 4.69) is 11.6 Å². The highest BCUT2D eigenvalue weighted by Gasteiger charge is 1.98. The minimum absolute atomic E-state index is 0.0807. The van der Waals surface area contributed by atoms with Crippen LogP contribution >= 0.6 is 0 Å². The SMILES string of the molecule is C=Cc1nc(CO)ccc1O. The molecule has 1 aromatic rings. The molecule has 0 saturated carbocycles. The van der Waals surface area contributed by atoms with Crippen LogP contribution in [0.25, 0.3) is 6.08 Å². The minimum Gasteiger partial charge on any atom is -0.506 e. The van der Waals surface area contributed by atoms with E-state index in [1.54, 1.807) is 6.07 Å². The second-order valence-electron chi connectivity index (χ2n) is 2.07. The normalized spacial score (nSPS) is 9.55.